The highest BCUT2D eigenvalue weighted by molar-refractivity contribution is 5.91. The fourth-order valence-corrected chi connectivity index (χ4v) is 3.51. The van der Waals surface area contributed by atoms with Crippen LogP contribution in [-0.4, -0.2) is 46.2 Å². The van der Waals surface area contributed by atoms with Gasteiger partial charge in [-0.05, 0) is 12.8 Å². The summed E-state index contributed by atoms with van der Waals surface area (Å²) in [5.74, 6) is -2.14. The molecule has 3 heterocycles. The minimum Gasteiger partial charge on any atom is -0.481 e. The Balaban J connectivity index is 1.76. The predicted molar refractivity (Wildman–Crippen MR) is 56.1 cm³/mol. The summed E-state index contributed by atoms with van der Waals surface area (Å²) in [5.41, 5.74) is -0.645. The highest BCUT2D eigenvalue weighted by Crippen LogP contribution is 2.53. The number of likely N-dealkylation sites (tertiary alicyclic amines) is 1. The molecule has 4 rings (SSSR count). The van der Waals surface area contributed by atoms with Crippen molar-refractivity contribution in [3.63, 3.8) is 0 Å². The lowest BCUT2D eigenvalue weighted by Gasteiger charge is -2.21. The van der Waals surface area contributed by atoms with Gasteiger partial charge >= 0.3 is 5.97 Å². The van der Waals surface area contributed by atoms with E-state index < -0.39 is 29.5 Å². The number of hydrogen-bond donors (Lipinski definition) is 1. The van der Waals surface area contributed by atoms with Gasteiger partial charge in [0, 0.05) is 6.04 Å². The Kier molecular flexibility index (Phi) is 1.54. The number of nitrogens with zero attached hydrogens (tertiary/aromatic N) is 1. The van der Waals surface area contributed by atoms with Crippen molar-refractivity contribution in [2.24, 2.45) is 11.8 Å². The number of amides is 1. The van der Waals surface area contributed by atoms with Crippen molar-refractivity contribution in [1.29, 1.82) is 0 Å². The quantitative estimate of drug-likeness (QED) is 0.685. The van der Waals surface area contributed by atoms with E-state index in [9.17, 15) is 14.7 Å². The van der Waals surface area contributed by atoms with Gasteiger partial charge in [0.2, 0.25) is 5.91 Å². The summed E-state index contributed by atoms with van der Waals surface area (Å²) in [6.45, 7) is 0.540. The summed E-state index contributed by atoms with van der Waals surface area (Å²) in [6, 6.07) is 0.327. The molecule has 4 aliphatic rings. The van der Waals surface area contributed by atoms with Crippen LogP contribution in [0.15, 0.2) is 12.2 Å². The van der Waals surface area contributed by atoms with Gasteiger partial charge in [-0.3, -0.25) is 9.59 Å². The molecule has 1 aliphatic carbocycles. The number of carboxylic acid groups (broad SMARTS) is 1. The maximum Gasteiger partial charge on any atom is 0.310 e. The Labute approximate surface area is 98.0 Å². The number of ether oxygens (including phenoxy) is 1. The van der Waals surface area contributed by atoms with Crippen LogP contribution in [-0.2, 0) is 14.3 Å². The SMILES string of the molecule is O=C(O)[C@H]1[C@H]2C(=O)N(C3CC3)C[C@]23C=C[C@H]1O3. The number of carboxylic acids is 1. The van der Waals surface area contributed by atoms with Crippen LogP contribution in [0.5, 0.6) is 0 Å². The minimum atomic E-state index is -0.919. The van der Waals surface area contributed by atoms with E-state index in [1.165, 1.54) is 0 Å². The zero-order chi connectivity index (χ0) is 11.8. The Hall–Kier alpha value is -1.36. The average molecular weight is 235 g/mol. The number of hydrogen-bond acceptors (Lipinski definition) is 3. The molecule has 0 aromatic heterocycles. The molecule has 17 heavy (non-hydrogen) atoms. The first-order valence-corrected chi connectivity index (χ1v) is 6.03. The Morgan fingerprint density at radius 1 is 1.53 bits per heavy atom. The van der Waals surface area contributed by atoms with E-state index in [4.69, 9.17) is 4.74 Å². The monoisotopic (exact) mass is 235 g/mol. The minimum absolute atomic E-state index is 0.0215. The van der Waals surface area contributed by atoms with E-state index in [1.807, 2.05) is 11.0 Å². The van der Waals surface area contributed by atoms with Gasteiger partial charge in [-0.2, -0.15) is 0 Å². The highest BCUT2D eigenvalue weighted by Gasteiger charge is 2.68. The van der Waals surface area contributed by atoms with E-state index in [2.05, 4.69) is 0 Å². The molecule has 4 atom stereocenters. The van der Waals surface area contributed by atoms with Crippen LogP contribution >= 0.6 is 0 Å². The number of carbonyl (C=O) groups excluding carboxylic acids is 1. The maximum atomic E-state index is 12.3. The fraction of sp³-hybridized carbons (Fsp3) is 0.667. The Morgan fingerprint density at radius 2 is 2.29 bits per heavy atom. The maximum absolute atomic E-state index is 12.3. The van der Waals surface area contributed by atoms with Crippen LogP contribution in [0.4, 0.5) is 0 Å². The van der Waals surface area contributed by atoms with Crippen LogP contribution in [0.1, 0.15) is 12.8 Å². The molecule has 0 radical (unpaired) electrons. The predicted octanol–water partition coefficient (Wildman–Crippen LogP) is 0.0154. The van der Waals surface area contributed by atoms with E-state index >= 15 is 0 Å². The van der Waals surface area contributed by atoms with Gasteiger partial charge in [0.25, 0.3) is 0 Å². The van der Waals surface area contributed by atoms with Crippen molar-refractivity contribution < 1.29 is 19.4 Å². The normalized spacial score (nSPS) is 46.7. The molecule has 5 nitrogen and oxygen atoms in total. The summed E-state index contributed by atoms with van der Waals surface area (Å²) in [5, 5.41) is 9.25. The molecule has 3 fully saturated rings. The molecule has 1 saturated carbocycles. The number of aliphatic carboxylic acids is 1. The number of fused-ring (bicyclic) bond motifs is 1. The molecular weight excluding hydrogens is 222 g/mol. The summed E-state index contributed by atoms with van der Waals surface area (Å²) in [6.07, 6.45) is 5.38. The second-order valence-corrected chi connectivity index (χ2v) is 5.44. The lowest BCUT2D eigenvalue weighted by Crippen LogP contribution is -2.39. The van der Waals surface area contributed by atoms with Gasteiger partial charge in [-0.1, -0.05) is 12.2 Å². The second kappa shape index (κ2) is 2.72. The van der Waals surface area contributed by atoms with Crippen molar-refractivity contribution in [3.8, 4) is 0 Å². The molecule has 1 amide bonds. The number of rotatable bonds is 2. The van der Waals surface area contributed by atoms with Gasteiger partial charge in [-0.25, -0.2) is 0 Å². The zero-order valence-electron chi connectivity index (χ0n) is 9.20. The lowest BCUT2D eigenvalue weighted by atomic mass is 9.77. The molecule has 5 heteroatoms. The first-order chi connectivity index (χ1) is 8.12. The standard InChI is InChI=1S/C12H13NO4/c14-10-9-8(11(15)16)7-3-4-12(9,17-7)5-13(10)6-1-2-6/h3-4,6-9H,1-2,5H2,(H,15,16)/t7-,8-,9+,12-/m1/s1. The molecule has 2 saturated heterocycles. The summed E-state index contributed by atoms with van der Waals surface area (Å²) in [7, 11) is 0. The van der Waals surface area contributed by atoms with Gasteiger partial charge < -0.3 is 14.7 Å². The number of carbonyl (C=O) groups is 2. The van der Waals surface area contributed by atoms with Crippen LogP contribution < -0.4 is 0 Å². The van der Waals surface area contributed by atoms with Gasteiger partial charge in [0.1, 0.15) is 11.5 Å². The molecule has 0 unspecified atom stereocenters. The van der Waals surface area contributed by atoms with Crippen LogP contribution in [0.25, 0.3) is 0 Å². The molecule has 0 aromatic carbocycles. The van der Waals surface area contributed by atoms with Crippen molar-refractivity contribution in [2.45, 2.75) is 30.6 Å². The lowest BCUT2D eigenvalue weighted by molar-refractivity contribution is -0.148. The van der Waals surface area contributed by atoms with Crippen molar-refractivity contribution in [2.75, 3.05) is 6.54 Å². The third-order valence-corrected chi connectivity index (χ3v) is 4.40. The van der Waals surface area contributed by atoms with Crippen molar-refractivity contribution in [3.05, 3.63) is 12.2 Å². The van der Waals surface area contributed by atoms with Gasteiger partial charge in [0.15, 0.2) is 0 Å². The summed E-state index contributed by atoms with van der Waals surface area (Å²) >= 11 is 0. The molecule has 1 spiro atoms. The van der Waals surface area contributed by atoms with E-state index in [0.29, 0.717) is 12.6 Å². The first-order valence-electron chi connectivity index (χ1n) is 6.03. The largest absolute Gasteiger partial charge is 0.481 e. The Morgan fingerprint density at radius 3 is 2.94 bits per heavy atom. The molecule has 2 bridgehead atoms. The first kappa shape index (κ1) is 9.65. The molecule has 0 aromatic rings. The third-order valence-electron chi connectivity index (χ3n) is 4.40. The van der Waals surface area contributed by atoms with Crippen LogP contribution in [0, 0.1) is 11.8 Å². The van der Waals surface area contributed by atoms with Gasteiger partial charge in [-0.15, -0.1) is 0 Å². The summed E-state index contributed by atoms with van der Waals surface area (Å²) < 4.78 is 5.78. The molecular formula is C12H13NO4. The highest BCUT2D eigenvalue weighted by atomic mass is 16.5. The zero-order valence-corrected chi connectivity index (χ0v) is 9.20. The summed E-state index contributed by atoms with van der Waals surface area (Å²) in [4.78, 5) is 25.4. The van der Waals surface area contributed by atoms with E-state index in [1.54, 1.807) is 6.08 Å². The van der Waals surface area contributed by atoms with Crippen LogP contribution in [0.3, 0.4) is 0 Å². The van der Waals surface area contributed by atoms with E-state index in [0.717, 1.165) is 12.8 Å². The Bertz CT molecular complexity index is 455. The third kappa shape index (κ3) is 1.03. The van der Waals surface area contributed by atoms with Crippen molar-refractivity contribution in [1.82, 2.24) is 4.90 Å². The van der Waals surface area contributed by atoms with Crippen LogP contribution in [0.2, 0.25) is 0 Å². The average Bonchev–Trinajstić information content (AvgIpc) is 2.89. The molecule has 90 valence electrons. The smallest absolute Gasteiger partial charge is 0.310 e. The topological polar surface area (TPSA) is 66.8 Å². The van der Waals surface area contributed by atoms with Crippen molar-refractivity contribution >= 4 is 11.9 Å². The van der Waals surface area contributed by atoms with Gasteiger partial charge in [0.05, 0.1) is 18.6 Å². The molecule has 3 aliphatic heterocycles. The van der Waals surface area contributed by atoms with E-state index in [-0.39, 0.29) is 5.91 Å². The fourth-order valence-electron chi connectivity index (χ4n) is 3.51. The second-order valence-electron chi connectivity index (χ2n) is 5.44. The molecule has 1 N–H and O–H groups in total.